The summed E-state index contributed by atoms with van der Waals surface area (Å²) in [5.74, 6) is -0.191. The van der Waals surface area contributed by atoms with Crippen molar-refractivity contribution in [2.45, 2.75) is 6.92 Å². The van der Waals surface area contributed by atoms with Crippen LogP contribution in [0.15, 0.2) is 30.3 Å². The van der Waals surface area contributed by atoms with E-state index in [1.165, 1.54) is 11.3 Å². The molecule has 5 heteroatoms. The summed E-state index contributed by atoms with van der Waals surface area (Å²) >= 11 is 1.46. The van der Waals surface area contributed by atoms with Gasteiger partial charge in [0.25, 0.3) is 0 Å². The second-order valence-corrected chi connectivity index (χ2v) is 4.90. The second kappa shape index (κ2) is 5.67. The number of carboxylic acid groups (broad SMARTS) is 1. The molecule has 1 aromatic heterocycles. The van der Waals surface area contributed by atoms with Crippen molar-refractivity contribution in [2.75, 3.05) is 7.11 Å². The first-order chi connectivity index (χ1) is 9.10. The molecule has 4 nitrogen and oxygen atoms in total. The Labute approximate surface area is 115 Å². The standard InChI is InChI=1S/C14H13NO3S/c1-9-12(6-7-13(16)17)19-14(15-9)10-4-3-5-11(8-10)18-2/h3-8H,1-2H3,(H,16,17)/b7-6+. The molecule has 0 aliphatic heterocycles. The van der Waals surface area contributed by atoms with Crippen LogP contribution in [0.4, 0.5) is 0 Å². The van der Waals surface area contributed by atoms with Gasteiger partial charge in [-0.1, -0.05) is 12.1 Å². The molecular formula is C14H13NO3S. The van der Waals surface area contributed by atoms with Gasteiger partial charge in [-0.15, -0.1) is 11.3 Å². The monoisotopic (exact) mass is 275 g/mol. The van der Waals surface area contributed by atoms with Crippen molar-refractivity contribution in [3.05, 3.63) is 40.9 Å². The number of ether oxygens (including phenoxy) is 1. The van der Waals surface area contributed by atoms with Crippen LogP contribution in [0.1, 0.15) is 10.6 Å². The average Bonchev–Trinajstić information content (AvgIpc) is 2.78. The minimum absolute atomic E-state index is 0.771. The molecule has 0 saturated heterocycles. The molecule has 0 aliphatic rings. The van der Waals surface area contributed by atoms with Gasteiger partial charge in [-0.05, 0) is 25.1 Å². The van der Waals surface area contributed by atoms with Gasteiger partial charge >= 0.3 is 5.97 Å². The molecule has 0 fully saturated rings. The van der Waals surface area contributed by atoms with E-state index in [-0.39, 0.29) is 0 Å². The number of aliphatic carboxylic acids is 1. The van der Waals surface area contributed by atoms with E-state index in [1.54, 1.807) is 13.2 Å². The largest absolute Gasteiger partial charge is 0.497 e. The minimum atomic E-state index is -0.962. The SMILES string of the molecule is COc1cccc(-c2nc(C)c(/C=C/C(=O)O)s2)c1. The van der Waals surface area contributed by atoms with Crippen molar-refractivity contribution in [3.8, 4) is 16.3 Å². The summed E-state index contributed by atoms with van der Waals surface area (Å²) in [6, 6.07) is 7.63. The lowest BCUT2D eigenvalue weighted by Crippen LogP contribution is -1.85. The summed E-state index contributed by atoms with van der Waals surface area (Å²) in [6.45, 7) is 1.86. The van der Waals surface area contributed by atoms with E-state index in [1.807, 2.05) is 31.2 Å². The fourth-order valence-electron chi connectivity index (χ4n) is 1.59. The van der Waals surface area contributed by atoms with Crippen molar-refractivity contribution in [1.29, 1.82) is 0 Å². The minimum Gasteiger partial charge on any atom is -0.497 e. The number of benzene rings is 1. The van der Waals surface area contributed by atoms with Crippen LogP contribution >= 0.6 is 11.3 Å². The number of nitrogens with zero attached hydrogens (tertiary/aromatic N) is 1. The highest BCUT2D eigenvalue weighted by molar-refractivity contribution is 7.16. The Morgan fingerprint density at radius 1 is 1.47 bits per heavy atom. The van der Waals surface area contributed by atoms with Gasteiger partial charge in [0.05, 0.1) is 17.7 Å². The molecule has 2 rings (SSSR count). The molecule has 0 bridgehead atoms. The van der Waals surface area contributed by atoms with E-state index in [2.05, 4.69) is 4.98 Å². The number of thiazole rings is 1. The van der Waals surface area contributed by atoms with Gasteiger partial charge in [0.1, 0.15) is 10.8 Å². The van der Waals surface area contributed by atoms with Crippen LogP contribution < -0.4 is 4.74 Å². The maximum atomic E-state index is 10.5. The lowest BCUT2D eigenvalue weighted by molar-refractivity contribution is -0.131. The quantitative estimate of drug-likeness (QED) is 0.870. The Kier molecular flexibility index (Phi) is 3.97. The first-order valence-electron chi connectivity index (χ1n) is 5.63. The zero-order valence-electron chi connectivity index (χ0n) is 10.6. The maximum absolute atomic E-state index is 10.5. The van der Waals surface area contributed by atoms with Crippen LogP contribution in [0.25, 0.3) is 16.6 Å². The van der Waals surface area contributed by atoms with Gasteiger partial charge in [-0.3, -0.25) is 0 Å². The lowest BCUT2D eigenvalue weighted by Gasteiger charge is -2.00. The van der Waals surface area contributed by atoms with Crippen LogP contribution in [0.3, 0.4) is 0 Å². The summed E-state index contributed by atoms with van der Waals surface area (Å²) in [7, 11) is 1.62. The van der Waals surface area contributed by atoms with Crippen LogP contribution in [0.2, 0.25) is 0 Å². The number of methoxy groups -OCH3 is 1. The van der Waals surface area contributed by atoms with E-state index in [0.717, 1.165) is 33.0 Å². The molecule has 0 spiro atoms. The third-order valence-electron chi connectivity index (χ3n) is 2.53. The fraction of sp³-hybridized carbons (Fsp3) is 0.143. The van der Waals surface area contributed by atoms with Crippen molar-refractivity contribution in [2.24, 2.45) is 0 Å². The number of carboxylic acids is 1. The summed E-state index contributed by atoms with van der Waals surface area (Å²) in [4.78, 5) is 15.8. The molecule has 0 unspecified atom stereocenters. The molecule has 1 heterocycles. The predicted octanol–water partition coefficient (Wildman–Crippen LogP) is 3.22. The summed E-state index contributed by atoms with van der Waals surface area (Å²) < 4.78 is 5.18. The summed E-state index contributed by atoms with van der Waals surface area (Å²) in [5, 5.41) is 9.49. The Morgan fingerprint density at radius 2 is 2.26 bits per heavy atom. The molecule has 0 saturated carbocycles. The summed E-state index contributed by atoms with van der Waals surface area (Å²) in [5.41, 5.74) is 1.78. The average molecular weight is 275 g/mol. The molecule has 0 radical (unpaired) electrons. The molecule has 1 aromatic carbocycles. The molecule has 0 atom stereocenters. The van der Waals surface area contributed by atoms with Crippen LogP contribution in [-0.2, 0) is 4.79 Å². The van der Waals surface area contributed by atoms with Gasteiger partial charge < -0.3 is 9.84 Å². The first-order valence-corrected chi connectivity index (χ1v) is 6.44. The third-order valence-corrected chi connectivity index (χ3v) is 3.70. The van der Waals surface area contributed by atoms with Crippen molar-refractivity contribution in [1.82, 2.24) is 4.98 Å². The van der Waals surface area contributed by atoms with E-state index >= 15 is 0 Å². The van der Waals surface area contributed by atoms with Crippen LogP contribution in [-0.4, -0.2) is 23.2 Å². The normalized spacial score (nSPS) is 10.8. The number of hydrogen-bond donors (Lipinski definition) is 1. The van der Waals surface area contributed by atoms with E-state index < -0.39 is 5.97 Å². The Bertz CT molecular complexity index is 631. The smallest absolute Gasteiger partial charge is 0.328 e. The number of aryl methyl sites for hydroxylation is 1. The number of carbonyl (C=O) groups is 1. The molecule has 0 amide bonds. The zero-order chi connectivity index (χ0) is 13.8. The highest BCUT2D eigenvalue weighted by Gasteiger charge is 2.08. The second-order valence-electron chi connectivity index (χ2n) is 3.87. The Morgan fingerprint density at radius 3 is 2.95 bits per heavy atom. The van der Waals surface area contributed by atoms with E-state index in [9.17, 15) is 4.79 Å². The molecular weight excluding hydrogens is 262 g/mol. The third kappa shape index (κ3) is 3.20. The predicted molar refractivity (Wildman–Crippen MR) is 75.5 cm³/mol. The lowest BCUT2D eigenvalue weighted by atomic mass is 10.2. The van der Waals surface area contributed by atoms with Crippen molar-refractivity contribution in [3.63, 3.8) is 0 Å². The molecule has 0 aliphatic carbocycles. The van der Waals surface area contributed by atoms with E-state index in [4.69, 9.17) is 9.84 Å². The van der Waals surface area contributed by atoms with Gasteiger partial charge in [0, 0.05) is 11.6 Å². The zero-order valence-corrected chi connectivity index (χ0v) is 11.4. The Hall–Kier alpha value is -2.14. The Balaban J connectivity index is 2.35. The highest BCUT2D eigenvalue weighted by Crippen LogP contribution is 2.30. The van der Waals surface area contributed by atoms with Crippen molar-refractivity contribution >= 4 is 23.4 Å². The number of hydrogen-bond acceptors (Lipinski definition) is 4. The van der Waals surface area contributed by atoms with Gasteiger partial charge in [0.15, 0.2) is 0 Å². The highest BCUT2D eigenvalue weighted by atomic mass is 32.1. The first kappa shape index (κ1) is 13.3. The molecule has 2 aromatic rings. The van der Waals surface area contributed by atoms with Crippen LogP contribution in [0, 0.1) is 6.92 Å². The van der Waals surface area contributed by atoms with Gasteiger partial charge in [-0.2, -0.15) is 0 Å². The van der Waals surface area contributed by atoms with Crippen LogP contribution in [0.5, 0.6) is 5.75 Å². The molecule has 19 heavy (non-hydrogen) atoms. The van der Waals surface area contributed by atoms with E-state index in [0.29, 0.717) is 0 Å². The van der Waals surface area contributed by atoms with Crippen molar-refractivity contribution < 1.29 is 14.6 Å². The molecule has 1 N–H and O–H groups in total. The summed E-state index contributed by atoms with van der Waals surface area (Å²) in [6.07, 6.45) is 2.69. The maximum Gasteiger partial charge on any atom is 0.328 e. The number of rotatable bonds is 4. The molecule has 98 valence electrons. The van der Waals surface area contributed by atoms with Gasteiger partial charge in [-0.25, -0.2) is 9.78 Å². The van der Waals surface area contributed by atoms with Gasteiger partial charge in [0.2, 0.25) is 0 Å². The topological polar surface area (TPSA) is 59.4 Å². The fourth-order valence-corrected chi connectivity index (χ4v) is 2.55. The number of aromatic nitrogens is 1.